The van der Waals surface area contributed by atoms with Crippen molar-refractivity contribution in [2.24, 2.45) is 0 Å². The Balaban J connectivity index is 2.47. The molecule has 0 aliphatic rings. The molecule has 0 saturated heterocycles. The van der Waals surface area contributed by atoms with Gasteiger partial charge in [0.15, 0.2) is 11.5 Å². The van der Waals surface area contributed by atoms with Crippen molar-refractivity contribution in [1.82, 2.24) is 4.98 Å². The smallest absolute Gasteiger partial charge is 0.215 e. The molecule has 0 amide bonds. The third-order valence-electron chi connectivity index (χ3n) is 2.73. The number of halogens is 1. The topological polar surface area (TPSA) is 31.4 Å². The summed E-state index contributed by atoms with van der Waals surface area (Å²) in [6, 6.07) is 7.29. The average molecular weight is 247 g/mol. The quantitative estimate of drug-likeness (QED) is 0.780. The summed E-state index contributed by atoms with van der Waals surface area (Å²) in [6.45, 7) is 1.69. The molecule has 2 aromatic rings. The Bertz CT molecular complexity index is 570. The highest BCUT2D eigenvalue weighted by Crippen LogP contribution is 2.32. The summed E-state index contributed by atoms with van der Waals surface area (Å²) >= 11 is 0. The van der Waals surface area contributed by atoms with E-state index in [1.165, 1.54) is 6.20 Å². The normalized spacial score (nSPS) is 10.2. The molecule has 0 N–H and O–H groups in total. The van der Waals surface area contributed by atoms with Gasteiger partial charge >= 0.3 is 0 Å². The zero-order valence-corrected chi connectivity index (χ0v) is 10.5. The summed E-state index contributed by atoms with van der Waals surface area (Å²) in [5.74, 6) is 0.851. The number of pyridine rings is 1. The number of ether oxygens (including phenoxy) is 2. The minimum atomic E-state index is -0.445. The van der Waals surface area contributed by atoms with Crippen LogP contribution >= 0.6 is 0 Å². The van der Waals surface area contributed by atoms with Crippen molar-refractivity contribution in [3.8, 4) is 22.6 Å². The van der Waals surface area contributed by atoms with Gasteiger partial charge in [0.1, 0.15) is 0 Å². The minimum Gasteiger partial charge on any atom is -0.493 e. The first-order valence-electron chi connectivity index (χ1n) is 5.50. The van der Waals surface area contributed by atoms with E-state index in [0.29, 0.717) is 17.1 Å². The van der Waals surface area contributed by atoms with Gasteiger partial charge in [-0.25, -0.2) is 4.98 Å². The van der Waals surface area contributed by atoms with E-state index in [9.17, 15) is 4.39 Å². The van der Waals surface area contributed by atoms with Crippen molar-refractivity contribution in [3.63, 3.8) is 0 Å². The van der Waals surface area contributed by atoms with Crippen LogP contribution < -0.4 is 9.47 Å². The number of benzene rings is 1. The van der Waals surface area contributed by atoms with Crippen molar-refractivity contribution in [1.29, 1.82) is 0 Å². The highest BCUT2D eigenvalue weighted by Gasteiger charge is 2.08. The molecule has 18 heavy (non-hydrogen) atoms. The molecule has 0 spiro atoms. The largest absolute Gasteiger partial charge is 0.493 e. The summed E-state index contributed by atoms with van der Waals surface area (Å²) < 4.78 is 23.5. The first-order valence-corrected chi connectivity index (χ1v) is 5.50. The fourth-order valence-corrected chi connectivity index (χ4v) is 1.73. The van der Waals surface area contributed by atoms with Crippen molar-refractivity contribution in [2.45, 2.75) is 6.92 Å². The lowest BCUT2D eigenvalue weighted by Gasteiger charge is -2.10. The molecule has 0 unspecified atom stereocenters. The van der Waals surface area contributed by atoms with Gasteiger partial charge in [-0.15, -0.1) is 0 Å². The maximum Gasteiger partial charge on any atom is 0.215 e. The van der Waals surface area contributed by atoms with Gasteiger partial charge in [0, 0.05) is 17.3 Å². The van der Waals surface area contributed by atoms with E-state index in [2.05, 4.69) is 4.98 Å². The summed E-state index contributed by atoms with van der Waals surface area (Å²) in [7, 11) is 3.16. The van der Waals surface area contributed by atoms with E-state index in [0.717, 1.165) is 11.1 Å². The standard InChI is InChI=1S/C14H14FNO2/c1-9-6-11(8-16-14(9)15)10-4-5-12(17-2)13(7-10)18-3/h4-8H,1-3H3. The molecule has 1 aromatic carbocycles. The van der Waals surface area contributed by atoms with Gasteiger partial charge in [0.25, 0.3) is 0 Å². The number of methoxy groups -OCH3 is 2. The molecule has 0 aliphatic carbocycles. The Morgan fingerprint density at radius 2 is 1.72 bits per heavy atom. The van der Waals surface area contributed by atoms with Gasteiger partial charge in [-0.1, -0.05) is 6.07 Å². The van der Waals surface area contributed by atoms with E-state index in [1.807, 2.05) is 18.2 Å². The molecule has 1 aromatic heterocycles. The third kappa shape index (κ3) is 2.27. The first-order chi connectivity index (χ1) is 8.65. The molecule has 0 bridgehead atoms. The lowest BCUT2D eigenvalue weighted by Crippen LogP contribution is -1.92. The molecule has 0 radical (unpaired) electrons. The third-order valence-corrected chi connectivity index (χ3v) is 2.73. The number of hydrogen-bond acceptors (Lipinski definition) is 3. The average Bonchev–Trinajstić information content (AvgIpc) is 2.41. The van der Waals surface area contributed by atoms with Crippen LogP contribution in [0.4, 0.5) is 4.39 Å². The van der Waals surface area contributed by atoms with Gasteiger partial charge < -0.3 is 9.47 Å². The molecule has 4 heteroatoms. The van der Waals surface area contributed by atoms with Crippen molar-refractivity contribution >= 4 is 0 Å². The molecule has 1 heterocycles. The summed E-state index contributed by atoms with van der Waals surface area (Å²) in [5.41, 5.74) is 2.26. The number of nitrogens with zero attached hydrogens (tertiary/aromatic N) is 1. The number of rotatable bonds is 3. The summed E-state index contributed by atoms with van der Waals surface area (Å²) in [5, 5.41) is 0. The van der Waals surface area contributed by atoms with Gasteiger partial charge in [-0.3, -0.25) is 0 Å². The van der Waals surface area contributed by atoms with Crippen LogP contribution in [0.1, 0.15) is 5.56 Å². The number of aryl methyl sites for hydroxylation is 1. The molecular formula is C14H14FNO2. The first kappa shape index (κ1) is 12.4. The van der Waals surface area contributed by atoms with E-state index < -0.39 is 5.95 Å². The van der Waals surface area contributed by atoms with Gasteiger partial charge in [-0.05, 0) is 30.7 Å². The van der Waals surface area contributed by atoms with E-state index in [4.69, 9.17) is 9.47 Å². The Morgan fingerprint density at radius 3 is 2.33 bits per heavy atom. The van der Waals surface area contributed by atoms with Crippen LogP contribution in [0.3, 0.4) is 0 Å². The van der Waals surface area contributed by atoms with E-state index >= 15 is 0 Å². The lowest BCUT2D eigenvalue weighted by molar-refractivity contribution is 0.355. The predicted octanol–water partition coefficient (Wildman–Crippen LogP) is 3.21. The van der Waals surface area contributed by atoms with Crippen molar-refractivity contribution in [2.75, 3.05) is 14.2 Å². The molecule has 94 valence electrons. The van der Waals surface area contributed by atoms with Crippen molar-refractivity contribution < 1.29 is 13.9 Å². The second-order valence-electron chi connectivity index (χ2n) is 3.90. The molecule has 3 nitrogen and oxygen atoms in total. The molecule has 0 fully saturated rings. The van der Waals surface area contributed by atoms with Crippen LogP contribution in [-0.4, -0.2) is 19.2 Å². The van der Waals surface area contributed by atoms with Crippen LogP contribution in [0.25, 0.3) is 11.1 Å². The molecule has 0 saturated carbocycles. The maximum absolute atomic E-state index is 13.1. The van der Waals surface area contributed by atoms with Crippen LogP contribution in [0.2, 0.25) is 0 Å². The van der Waals surface area contributed by atoms with E-state index in [-0.39, 0.29) is 0 Å². The second kappa shape index (κ2) is 5.04. The fraction of sp³-hybridized carbons (Fsp3) is 0.214. The van der Waals surface area contributed by atoms with Crippen LogP contribution in [0.5, 0.6) is 11.5 Å². The zero-order chi connectivity index (χ0) is 13.1. The molecular weight excluding hydrogens is 233 g/mol. The van der Waals surface area contributed by atoms with E-state index in [1.54, 1.807) is 27.2 Å². The maximum atomic E-state index is 13.1. The molecule has 0 aliphatic heterocycles. The van der Waals surface area contributed by atoms with Crippen LogP contribution in [-0.2, 0) is 0 Å². The molecule has 2 rings (SSSR count). The number of hydrogen-bond donors (Lipinski definition) is 0. The lowest BCUT2D eigenvalue weighted by atomic mass is 10.1. The van der Waals surface area contributed by atoms with Crippen molar-refractivity contribution in [3.05, 3.63) is 42.0 Å². The highest BCUT2D eigenvalue weighted by atomic mass is 19.1. The SMILES string of the molecule is COc1ccc(-c2cnc(F)c(C)c2)cc1OC. The predicted molar refractivity (Wildman–Crippen MR) is 67.5 cm³/mol. The monoisotopic (exact) mass is 247 g/mol. The van der Waals surface area contributed by atoms with Gasteiger partial charge in [0.2, 0.25) is 5.95 Å². The Hall–Kier alpha value is -2.10. The molecule has 0 atom stereocenters. The Kier molecular flexibility index (Phi) is 3.46. The number of aromatic nitrogens is 1. The second-order valence-corrected chi connectivity index (χ2v) is 3.90. The zero-order valence-electron chi connectivity index (χ0n) is 10.5. The van der Waals surface area contributed by atoms with Gasteiger partial charge in [0.05, 0.1) is 14.2 Å². The highest BCUT2D eigenvalue weighted by molar-refractivity contribution is 5.67. The summed E-state index contributed by atoms with van der Waals surface area (Å²) in [6.07, 6.45) is 1.50. The Labute approximate surface area is 105 Å². The minimum absolute atomic E-state index is 0.445. The van der Waals surface area contributed by atoms with Gasteiger partial charge in [-0.2, -0.15) is 4.39 Å². The summed E-state index contributed by atoms with van der Waals surface area (Å²) in [4.78, 5) is 3.71. The fourth-order valence-electron chi connectivity index (χ4n) is 1.73. The van der Waals surface area contributed by atoms with Crippen LogP contribution in [0.15, 0.2) is 30.5 Å². The van der Waals surface area contributed by atoms with Crippen LogP contribution in [0, 0.1) is 12.9 Å². The Morgan fingerprint density at radius 1 is 1.00 bits per heavy atom.